The van der Waals surface area contributed by atoms with Crippen LogP contribution < -0.4 is 4.90 Å². The van der Waals surface area contributed by atoms with Gasteiger partial charge in [0.05, 0.1) is 0 Å². The molecule has 0 N–H and O–H groups in total. The van der Waals surface area contributed by atoms with Crippen LogP contribution >= 0.6 is 0 Å². The highest BCUT2D eigenvalue weighted by atomic mass is 16.2. The second-order valence-electron chi connectivity index (χ2n) is 7.22. The lowest BCUT2D eigenvalue weighted by molar-refractivity contribution is -0.120. The lowest BCUT2D eigenvalue weighted by Gasteiger charge is -2.31. The minimum atomic E-state index is -0.0272. The number of amides is 1. The van der Waals surface area contributed by atoms with E-state index in [2.05, 4.69) is 51.5 Å². The fraction of sp³-hybridized carbons (Fsp3) is 0.722. The molecular formula is C18H31N3O. The fourth-order valence-electron chi connectivity index (χ4n) is 2.55. The Labute approximate surface area is 135 Å². The van der Waals surface area contributed by atoms with E-state index >= 15 is 0 Å². The Morgan fingerprint density at radius 3 is 2.50 bits per heavy atom. The van der Waals surface area contributed by atoms with Crippen LogP contribution in [0.5, 0.6) is 0 Å². The molecule has 4 nitrogen and oxygen atoms in total. The third-order valence-corrected chi connectivity index (χ3v) is 3.51. The lowest BCUT2D eigenvalue weighted by Crippen LogP contribution is -2.41. The Hall–Kier alpha value is -1.45. The van der Waals surface area contributed by atoms with Gasteiger partial charge >= 0.3 is 0 Å². The van der Waals surface area contributed by atoms with Crippen molar-refractivity contribution >= 4 is 11.7 Å². The van der Waals surface area contributed by atoms with Crippen molar-refractivity contribution in [2.24, 2.45) is 5.41 Å². The Bertz CT molecular complexity index is 479. The Morgan fingerprint density at radius 2 is 1.95 bits per heavy atom. The molecule has 1 heterocycles. The number of hydrogen-bond acceptors (Lipinski definition) is 3. The molecule has 0 saturated heterocycles. The summed E-state index contributed by atoms with van der Waals surface area (Å²) in [5.41, 5.74) is -0.0272. The number of carbonyl (C=O) groups is 1. The number of rotatable bonds is 7. The molecule has 0 bridgehead atoms. The molecule has 0 radical (unpaired) electrons. The van der Waals surface area contributed by atoms with E-state index in [-0.39, 0.29) is 17.4 Å². The molecule has 124 valence electrons. The molecule has 1 aromatic heterocycles. The highest BCUT2D eigenvalue weighted by Gasteiger charge is 2.26. The Kier molecular flexibility index (Phi) is 6.98. The molecule has 1 unspecified atom stereocenters. The van der Waals surface area contributed by atoms with E-state index in [0.717, 1.165) is 37.3 Å². The molecule has 0 fully saturated rings. The average Bonchev–Trinajstić information content (AvgIpc) is 2.38. The largest absolute Gasteiger partial charge is 0.294 e. The lowest BCUT2D eigenvalue weighted by atomic mass is 9.91. The van der Waals surface area contributed by atoms with Gasteiger partial charge in [-0.25, -0.2) is 9.97 Å². The Balaban J connectivity index is 3.09. The smallest absolute Gasteiger partial charge is 0.228 e. The number of carbonyl (C=O) groups excluding carboxylic acids is 1. The summed E-state index contributed by atoms with van der Waals surface area (Å²) in [6.07, 6.45) is 6.16. The highest BCUT2D eigenvalue weighted by Crippen LogP contribution is 2.25. The predicted molar refractivity (Wildman–Crippen MR) is 92.0 cm³/mol. The van der Waals surface area contributed by atoms with E-state index < -0.39 is 0 Å². The summed E-state index contributed by atoms with van der Waals surface area (Å²) in [4.78, 5) is 23.6. The number of aryl methyl sites for hydroxylation is 1. The molecule has 0 aliphatic rings. The molecule has 22 heavy (non-hydrogen) atoms. The maximum absolute atomic E-state index is 12.8. The van der Waals surface area contributed by atoms with Crippen molar-refractivity contribution in [2.75, 3.05) is 4.90 Å². The molecule has 1 amide bonds. The number of anilines is 1. The molecule has 1 rings (SSSR count). The van der Waals surface area contributed by atoms with Crippen molar-refractivity contribution in [3.8, 4) is 0 Å². The maximum atomic E-state index is 12.8. The van der Waals surface area contributed by atoms with Crippen LogP contribution in [0.1, 0.15) is 73.1 Å². The van der Waals surface area contributed by atoms with Crippen LogP contribution in [-0.4, -0.2) is 21.9 Å². The van der Waals surface area contributed by atoms with Gasteiger partial charge in [-0.2, -0.15) is 0 Å². The first-order valence-corrected chi connectivity index (χ1v) is 8.42. The van der Waals surface area contributed by atoms with Crippen molar-refractivity contribution in [1.82, 2.24) is 9.97 Å². The van der Waals surface area contributed by atoms with Gasteiger partial charge in [0, 0.05) is 25.1 Å². The molecule has 0 aliphatic heterocycles. The van der Waals surface area contributed by atoms with Crippen molar-refractivity contribution in [3.63, 3.8) is 0 Å². The van der Waals surface area contributed by atoms with Gasteiger partial charge in [0.2, 0.25) is 5.91 Å². The third-order valence-electron chi connectivity index (χ3n) is 3.51. The van der Waals surface area contributed by atoms with E-state index in [4.69, 9.17) is 0 Å². The van der Waals surface area contributed by atoms with Crippen LogP contribution in [0.3, 0.4) is 0 Å². The van der Waals surface area contributed by atoms with Gasteiger partial charge in [-0.05, 0) is 31.2 Å². The monoisotopic (exact) mass is 305 g/mol. The second-order valence-corrected chi connectivity index (χ2v) is 7.22. The minimum Gasteiger partial charge on any atom is -0.294 e. The standard InChI is InChI=1S/C18H31N3O/c1-7-9-14(3)21(17(22)13-18(4,5)6)16-11-12-19-15(20-16)10-8-2/h11-12,14H,7-10,13H2,1-6H3. The quantitative estimate of drug-likeness (QED) is 0.750. The normalized spacial score (nSPS) is 13.0. The third kappa shape index (κ3) is 5.74. The second kappa shape index (κ2) is 8.25. The van der Waals surface area contributed by atoms with Gasteiger partial charge in [-0.15, -0.1) is 0 Å². The summed E-state index contributed by atoms with van der Waals surface area (Å²) < 4.78 is 0. The number of aromatic nitrogens is 2. The van der Waals surface area contributed by atoms with Crippen molar-refractivity contribution in [2.45, 2.75) is 79.7 Å². The Morgan fingerprint density at radius 1 is 1.27 bits per heavy atom. The molecule has 0 aliphatic carbocycles. The zero-order valence-electron chi connectivity index (χ0n) is 15.0. The summed E-state index contributed by atoms with van der Waals surface area (Å²) >= 11 is 0. The van der Waals surface area contributed by atoms with Crippen LogP contribution in [0.2, 0.25) is 0 Å². The molecule has 0 spiro atoms. The molecule has 0 saturated carbocycles. The summed E-state index contributed by atoms with van der Waals surface area (Å²) in [6.45, 7) is 12.6. The topological polar surface area (TPSA) is 46.1 Å². The first-order valence-electron chi connectivity index (χ1n) is 8.42. The number of nitrogens with zero attached hydrogens (tertiary/aromatic N) is 3. The van der Waals surface area contributed by atoms with Crippen LogP contribution in [0.15, 0.2) is 12.3 Å². The van der Waals surface area contributed by atoms with Crippen LogP contribution in [0.25, 0.3) is 0 Å². The number of hydrogen-bond donors (Lipinski definition) is 0. The SMILES string of the molecule is CCCc1nccc(N(C(=O)CC(C)(C)C)C(C)CCC)n1. The summed E-state index contributed by atoms with van der Waals surface area (Å²) in [5.74, 6) is 1.71. The van der Waals surface area contributed by atoms with Gasteiger partial charge in [-0.3, -0.25) is 9.69 Å². The molecule has 4 heteroatoms. The molecular weight excluding hydrogens is 274 g/mol. The van der Waals surface area contributed by atoms with Crippen molar-refractivity contribution < 1.29 is 4.79 Å². The minimum absolute atomic E-state index is 0.0272. The van der Waals surface area contributed by atoms with Crippen LogP contribution in [-0.2, 0) is 11.2 Å². The van der Waals surface area contributed by atoms with Gasteiger partial charge in [0.15, 0.2) is 0 Å². The van der Waals surface area contributed by atoms with E-state index in [1.54, 1.807) is 6.20 Å². The summed E-state index contributed by atoms with van der Waals surface area (Å²) in [6, 6.07) is 2.01. The zero-order valence-corrected chi connectivity index (χ0v) is 15.0. The van der Waals surface area contributed by atoms with E-state index in [1.807, 2.05) is 11.0 Å². The maximum Gasteiger partial charge on any atom is 0.228 e. The first-order chi connectivity index (χ1) is 10.3. The average molecular weight is 305 g/mol. The summed E-state index contributed by atoms with van der Waals surface area (Å²) in [7, 11) is 0. The predicted octanol–water partition coefficient (Wildman–Crippen LogP) is 4.39. The van der Waals surface area contributed by atoms with Gasteiger partial charge in [0.1, 0.15) is 11.6 Å². The zero-order chi connectivity index (χ0) is 16.8. The van der Waals surface area contributed by atoms with Gasteiger partial charge in [0.25, 0.3) is 0 Å². The molecule has 1 atom stereocenters. The van der Waals surface area contributed by atoms with E-state index in [9.17, 15) is 4.79 Å². The summed E-state index contributed by atoms with van der Waals surface area (Å²) in [5, 5.41) is 0. The van der Waals surface area contributed by atoms with Crippen molar-refractivity contribution in [3.05, 3.63) is 18.1 Å². The van der Waals surface area contributed by atoms with Crippen molar-refractivity contribution in [1.29, 1.82) is 0 Å². The highest BCUT2D eigenvalue weighted by molar-refractivity contribution is 5.93. The van der Waals surface area contributed by atoms with Gasteiger partial charge in [-0.1, -0.05) is 41.0 Å². The first kappa shape index (κ1) is 18.6. The van der Waals surface area contributed by atoms with Crippen LogP contribution in [0, 0.1) is 5.41 Å². The van der Waals surface area contributed by atoms with E-state index in [0.29, 0.717) is 6.42 Å². The molecule has 0 aromatic carbocycles. The van der Waals surface area contributed by atoms with E-state index in [1.165, 1.54) is 0 Å². The van der Waals surface area contributed by atoms with Crippen LogP contribution in [0.4, 0.5) is 5.82 Å². The molecule has 1 aromatic rings. The van der Waals surface area contributed by atoms with Gasteiger partial charge < -0.3 is 0 Å². The fourth-order valence-corrected chi connectivity index (χ4v) is 2.55.